The summed E-state index contributed by atoms with van der Waals surface area (Å²) in [4.78, 5) is 13.8. The second-order valence-electron chi connectivity index (χ2n) is 4.62. The van der Waals surface area contributed by atoms with E-state index < -0.39 is 0 Å². The van der Waals surface area contributed by atoms with Crippen molar-refractivity contribution in [1.82, 2.24) is 9.47 Å². The van der Waals surface area contributed by atoms with E-state index in [9.17, 15) is 9.90 Å². The average molecular weight is 274 g/mol. The van der Waals surface area contributed by atoms with Crippen LogP contribution >= 0.6 is 0 Å². The topological polar surface area (TPSA) is 45.5 Å². The second-order valence-corrected chi connectivity index (χ2v) is 4.62. The van der Waals surface area contributed by atoms with Gasteiger partial charge in [0.05, 0.1) is 5.69 Å². The number of hydrogen-bond donors (Lipinski definition) is 1. The van der Waals surface area contributed by atoms with Crippen molar-refractivity contribution in [2.24, 2.45) is 0 Å². The number of aromatic nitrogens is 1. The normalized spacial score (nSPS) is 10.5. The molecule has 4 nitrogen and oxygen atoms in total. The van der Waals surface area contributed by atoms with Crippen molar-refractivity contribution in [1.29, 1.82) is 0 Å². The molecule has 0 aliphatic heterocycles. The van der Waals surface area contributed by atoms with E-state index in [1.54, 1.807) is 18.2 Å². The van der Waals surface area contributed by atoms with Crippen LogP contribution < -0.4 is 5.43 Å². The molecule has 0 aromatic carbocycles. The first-order valence-corrected chi connectivity index (χ1v) is 6.52. The lowest BCUT2D eigenvalue weighted by Gasteiger charge is -2.23. The summed E-state index contributed by atoms with van der Waals surface area (Å²) in [6.45, 7) is 15.3. The molecule has 108 valence electrons. The molecular formula is C16H22N2O2. The molecule has 1 N–H and O–H groups in total. The van der Waals surface area contributed by atoms with Crippen LogP contribution in [0.3, 0.4) is 0 Å². The molecule has 0 fully saturated rings. The van der Waals surface area contributed by atoms with Crippen LogP contribution in [-0.2, 0) is 13.1 Å². The summed E-state index contributed by atoms with van der Waals surface area (Å²) in [5.74, 6) is -0.199. The maximum absolute atomic E-state index is 11.8. The van der Waals surface area contributed by atoms with Gasteiger partial charge in [0, 0.05) is 37.9 Å². The Balaban J connectivity index is 3.25. The average Bonchev–Trinajstić information content (AvgIpc) is 2.40. The monoisotopic (exact) mass is 274 g/mol. The van der Waals surface area contributed by atoms with Gasteiger partial charge < -0.3 is 9.67 Å². The minimum absolute atomic E-state index is 0.199. The summed E-state index contributed by atoms with van der Waals surface area (Å²) in [7, 11) is 0. The van der Waals surface area contributed by atoms with Crippen LogP contribution in [0.4, 0.5) is 0 Å². The van der Waals surface area contributed by atoms with Gasteiger partial charge in [0.2, 0.25) is 5.43 Å². The Morgan fingerprint density at radius 2 is 1.85 bits per heavy atom. The maximum Gasteiger partial charge on any atom is 0.223 e. The summed E-state index contributed by atoms with van der Waals surface area (Å²) in [6, 6.07) is 1.44. The highest BCUT2D eigenvalue weighted by atomic mass is 16.3. The predicted molar refractivity (Wildman–Crippen MR) is 83.0 cm³/mol. The van der Waals surface area contributed by atoms with Crippen LogP contribution in [0, 0.1) is 6.92 Å². The lowest BCUT2D eigenvalue weighted by molar-refractivity contribution is 0.307. The molecule has 1 rings (SSSR count). The molecule has 0 saturated heterocycles. The van der Waals surface area contributed by atoms with E-state index in [1.165, 1.54) is 6.07 Å². The fourth-order valence-corrected chi connectivity index (χ4v) is 2.14. The lowest BCUT2D eigenvalue weighted by atomic mass is 10.2. The van der Waals surface area contributed by atoms with Gasteiger partial charge in [-0.1, -0.05) is 18.2 Å². The molecule has 0 aliphatic carbocycles. The minimum Gasteiger partial charge on any atom is -0.503 e. The Morgan fingerprint density at radius 3 is 2.35 bits per heavy atom. The molecule has 0 saturated carbocycles. The fourth-order valence-electron chi connectivity index (χ4n) is 2.14. The van der Waals surface area contributed by atoms with Crippen molar-refractivity contribution in [3.05, 3.63) is 65.6 Å². The summed E-state index contributed by atoms with van der Waals surface area (Å²) < 4.78 is 1.89. The molecular weight excluding hydrogens is 252 g/mol. The summed E-state index contributed by atoms with van der Waals surface area (Å²) in [5, 5.41) is 10.1. The first kappa shape index (κ1) is 16.0. The molecule has 20 heavy (non-hydrogen) atoms. The van der Waals surface area contributed by atoms with Gasteiger partial charge in [0.1, 0.15) is 0 Å². The van der Waals surface area contributed by atoms with Crippen molar-refractivity contribution in [3.8, 4) is 5.75 Å². The van der Waals surface area contributed by atoms with E-state index in [4.69, 9.17) is 0 Å². The van der Waals surface area contributed by atoms with E-state index in [2.05, 4.69) is 19.7 Å². The van der Waals surface area contributed by atoms with Crippen molar-refractivity contribution in [3.63, 3.8) is 0 Å². The molecule has 4 heteroatoms. The van der Waals surface area contributed by atoms with E-state index in [1.807, 2.05) is 16.4 Å². The molecule has 0 bridgehead atoms. The highest BCUT2D eigenvalue weighted by molar-refractivity contribution is 5.30. The minimum atomic E-state index is -0.352. The van der Waals surface area contributed by atoms with Crippen molar-refractivity contribution in [2.75, 3.05) is 13.1 Å². The van der Waals surface area contributed by atoms with Crippen LogP contribution in [0.25, 0.3) is 0 Å². The lowest BCUT2D eigenvalue weighted by Crippen LogP contribution is -2.27. The van der Waals surface area contributed by atoms with E-state index in [0.29, 0.717) is 31.9 Å². The van der Waals surface area contributed by atoms with E-state index >= 15 is 0 Å². The van der Waals surface area contributed by atoms with Crippen LogP contribution in [0.5, 0.6) is 5.75 Å². The van der Waals surface area contributed by atoms with Crippen LogP contribution in [0.1, 0.15) is 11.4 Å². The zero-order valence-electron chi connectivity index (χ0n) is 12.0. The maximum atomic E-state index is 11.8. The third-order valence-electron chi connectivity index (χ3n) is 3.06. The smallest absolute Gasteiger partial charge is 0.223 e. The summed E-state index contributed by atoms with van der Waals surface area (Å²) in [6.07, 6.45) is 5.31. The quantitative estimate of drug-likeness (QED) is 0.739. The van der Waals surface area contributed by atoms with Gasteiger partial charge in [0.15, 0.2) is 5.75 Å². The van der Waals surface area contributed by atoms with Gasteiger partial charge in [-0.05, 0) is 6.92 Å². The van der Waals surface area contributed by atoms with Crippen LogP contribution in [-0.4, -0.2) is 27.7 Å². The number of pyridine rings is 1. The molecule has 1 aromatic rings. The van der Waals surface area contributed by atoms with Gasteiger partial charge in [-0.2, -0.15) is 0 Å². The third-order valence-corrected chi connectivity index (χ3v) is 3.06. The Kier molecular flexibility index (Phi) is 6.00. The van der Waals surface area contributed by atoms with Gasteiger partial charge in [-0.3, -0.25) is 9.69 Å². The highest BCUT2D eigenvalue weighted by Crippen LogP contribution is 2.17. The first-order chi connectivity index (χ1) is 9.54. The Labute approximate surface area is 120 Å². The molecule has 0 atom stereocenters. The van der Waals surface area contributed by atoms with Gasteiger partial charge in [-0.15, -0.1) is 19.7 Å². The molecule has 0 aliphatic rings. The van der Waals surface area contributed by atoms with Crippen molar-refractivity contribution < 1.29 is 5.11 Å². The van der Waals surface area contributed by atoms with E-state index in [0.717, 1.165) is 5.69 Å². The fraction of sp³-hybridized carbons (Fsp3) is 0.312. The molecule has 0 spiro atoms. The Hall–Kier alpha value is -2.07. The standard InChI is InChI=1S/C16H22N2O2/c1-5-8-17(9-6-2)12-14-16(20)15(19)11-13(4)18(14)10-7-3/h5-7,11,20H,1-3,8-10,12H2,4H3. The van der Waals surface area contributed by atoms with E-state index in [-0.39, 0.29) is 11.2 Å². The zero-order chi connectivity index (χ0) is 15.1. The number of aryl methyl sites for hydroxylation is 1. The number of rotatable bonds is 8. The second kappa shape index (κ2) is 7.50. The van der Waals surface area contributed by atoms with Crippen molar-refractivity contribution in [2.45, 2.75) is 20.0 Å². The van der Waals surface area contributed by atoms with Gasteiger partial charge in [0.25, 0.3) is 0 Å². The van der Waals surface area contributed by atoms with Crippen molar-refractivity contribution >= 4 is 0 Å². The third kappa shape index (κ3) is 3.71. The number of aromatic hydroxyl groups is 1. The number of nitrogens with zero attached hydrogens (tertiary/aromatic N) is 2. The SMILES string of the molecule is C=CCN(CC=C)Cc1c(O)c(=O)cc(C)n1CC=C. The summed E-state index contributed by atoms with van der Waals surface area (Å²) in [5.41, 5.74) is 1.05. The van der Waals surface area contributed by atoms with Gasteiger partial charge >= 0.3 is 0 Å². The predicted octanol–water partition coefficient (Wildman–Crippen LogP) is 2.22. The molecule has 0 radical (unpaired) electrons. The molecule has 0 amide bonds. The number of allylic oxidation sites excluding steroid dienone is 1. The van der Waals surface area contributed by atoms with Crippen LogP contribution in [0.15, 0.2) is 48.8 Å². The number of hydrogen-bond acceptors (Lipinski definition) is 3. The Morgan fingerprint density at radius 1 is 1.25 bits per heavy atom. The molecule has 1 aromatic heterocycles. The molecule has 0 unspecified atom stereocenters. The van der Waals surface area contributed by atoms with Gasteiger partial charge in [-0.25, -0.2) is 0 Å². The summed E-state index contributed by atoms with van der Waals surface area (Å²) >= 11 is 0. The zero-order valence-corrected chi connectivity index (χ0v) is 12.0. The molecule has 1 heterocycles. The largest absolute Gasteiger partial charge is 0.503 e. The van der Waals surface area contributed by atoms with Crippen LogP contribution in [0.2, 0.25) is 0 Å². The highest BCUT2D eigenvalue weighted by Gasteiger charge is 2.15. The Bertz CT molecular complexity index is 548. The first-order valence-electron chi connectivity index (χ1n) is 6.52.